The number of aryl methyl sites for hydroxylation is 1. The van der Waals surface area contributed by atoms with Gasteiger partial charge < -0.3 is 4.74 Å². The van der Waals surface area contributed by atoms with Crippen LogP contribution in [0.2, 0.25) is 0 Å². The number of thioether (sulfide) groups is 1. The van der Waals surface area contributed by atoms with Crippen LogP contribution >= 0.6 is 11.8 Å². The van der Waals surface area contributed by atoms with Crippen molar-refractivity contribution in [3.63, 3.8) is 0 Å². The van der Waals surface area contributed by atoms with Crippen molar-refractivity contribution < 1.29 is 14.3 Å². The van der Waals surface area contributed by atoms with Gasteiger partial charge in [0.25, 0.3) is 0 Å². The molecule has 0 saturated heterocycles. The molecule has 4 heteroatoms. The Morgan fingerprint density at radius 2 is 2.00 bits per heavy atom. The molecule has 1 aromatic rings. The van der Waals surface area contributed by atoms with Gasteiger partial charge in [0.05, 0.1) is 17.9 Å². The smallest absolute Gasteiger partial charge is 0.338 e. The van der Waals surface area contributed by atoms with Crippen molar-refractivity contribution in [1.29, 1.82) is 0 Å². The monoisotopic (exact) mass is 252 g/mol. The van der Waals surface area contributed by atoms with Crippen molar-refractivity contribution in [2.75, 3.05) is 12.4 Å². The van der Waals surface area contributed by atoms with Gasteiger partial charge in [-0.25, -0.2) is 4.79 Å². The molecule has 0 bridgehead atoms. The maximum absolute atomic E-state index is 11.6. The molecule has 0 unspecified atom stereocenters. The van der Waals surface area contributed by atoms with Crippen molar-refractivity contribution >= 4 is 23.5 Å². The van der Waals surface area contributed by atoms with E-state index >= 15 is 0 Å². The lowest BCUT2D eigenvalue weighted by Crippen LogP contribution is -2.05. The number of carbonyl (C=O) groups excluding carboxylic acids is 2. The number of Topliss-reactive ketones (excluding diaryl/α,β-unsaturated/α-hetero) is 1. The van der Waals surface area contributed by atoms with E-state index in [1.807, 2.05) is 13.0 Å². The van der Waals surface area contributed by atoms with E-state index in [1.165, 1.54) is 11.8 Å². The molecular formula is C13H16O3S. The normalized spacial score (nSPS) is 10.1. The maximum atomic E-state index is 11.6. The Hall–Kier alpha value is -1.29. The summed E-state index contributed by atoms with van der Waals surface area (Å²) in [5.41, 5.74) is 1.53. The summed E-state index contributed by atoms with van der Waals surface area (Å²) in [6, 6.07) is 5.50. The number of ketones is 1. The molecule has 3 nitrogen and oxygen atoms in total. The first-order valence-electron chi connectivity index (χ1n) is 5.44. The lowest BCUT2D eigenvalue weighted by atomic mass is 10.1. The largest absolute Gasteiger partial charge is 0.462 e. The lowest BCUT2D eigenvalue weighted by Gasteiger charge is -2.06. The average Bonchev–Trinajstić information content (AvgIpc) is 2.26. The van der Waals surface area contributed by atoms with Crippen LogP contribution in [-0.4, -0.2) is 24.1 Å². The van der Waals surface area contributed by atoms with Crippen LogP contribution in [0.15, 0.2) is 23.1 Å². The maximum Gasteiger partial charge on any atom is 0.338 e. The molecule has 0 fully saturated rings. The van der Waals surface area contributed by atoms with Crippen LogP contribution in [0.4, 0.5) is 0 Å². The van der Waals surface area contributed by atoms with Gasteiger partial charge in [0, 0.05) is 4.90 Å². The fraction of sp³-hybridized carbons (Fsp3) is 0.385. The number of rotatable bonds is 5. The second-order valence-electron chi connectivity index (χ2n) is 3.75. The summed E-state index contributed by atoms with van der Waals surface area (Å²) in [5.74, 6) is 0.223. The summed E-state index contributed by atoms with van der Waals surface area (Å²) in [7, 11) is 0. The molecule has 0 spiro atoms. The molecular weight excluding hydrogens is 236 g/mol. The number of benzene rings is 1. The summed E-state index contributed by atoms with van der Waals surface area (Å²) < 4.78 is 4.95. The fourth-order valence-corrected chi connectivity index (χ4v) is 2.20. The van der Waals surface area contributed by atoms with Crippen LogP contribution < -0.4 is 0 Å². The summed E-state index contributed by atoms with van der Waals surface area (Å²) >= 11 is 1.44. The van der Waals surface area contributed by atoms with Gasteiger partial charge in [-0.3, -0.25) is 4.79 Å². The highest BCUT2D eigenvalue weighted by atomic mass is 32.2. The van der Waals surface area contributed by atoms with Crippen molar-refractivity contribution in [1.82, 2.24) is 0 Å². The predicted octanol–water partition coefficient (Wildman–Crippen LogP) is 2.85. The molecule has 0 aromatic heterocycles. The summed E-state index contributed by atoms with van der Waals surface area (Å²) in [5, 5.41) is 0. The Morgan fingerprint density at radius 3 is 2.59 bits per heavy atom. The SMILES string of the molecule is CCOC(=O)c1cc(C)cc(SCC(C)=O)c1. The van der Waals surface area contributed by atoms with Crippen LogP contribution in [0.3, 0.4) is 0 Å². The molecule has 0 aliphatic carbocycles. The van der Waals surface area contributed by atoms with E-state index in [2.05, 4.69) is 0 Å². The summed E-state index contributed by atoms with van der Waals surface area (Å²) in [6.07, 6.45) is 0. The Bertz CT molecular complexity index is 427. The zero-order valence-corrected chi connectivity index (χ0v) is 11.1. The number of hydrogen-bond acceptors (Lipinski definition) is 4. The Labute approximate surface area is 106 Å². The Balaban J connectivity index is 2.86. The van der Waals surface area contributed by atoms with E-state index < -0.39 is 0 Å². The third-order valence-electron chi connectivity index (χ3n) is 2.00. The molecule has 0 aliphatic heterocycles. The van der Waals surface area contributed by atoms with Gasteiger partial charge in [-0.1, -0.05) is 0 Å². The van der Waals surface area contributed by atoms with Gasteiger partial charge in [-0.15, -0.1) is 11.8 Å². The minimum Gasteiger partial charge on any atom is -0.462 e. The Kier molecular flexibility index (Phi) is 5.22. The molecule has 0 amide bonds. The molecule has 1 aromatic carbocycles. The molecule has 0 radical (unpaired) electrons. The Morgan fingerprint density at radius 1 is 1.29 bits per heavy atom. The lowest BCUT2D eigenvalue weighted by molar-refractivity contribution is -0.114. The molecule has 0 saturated carbocycles. The van der Waals surface area contributed by atoms with E-state index in [0.29, 0.717) is 17.9 Å². The molecule has 0 aliphatic rings. The second-order valence-corrected chi connectivity index (χ2v) is 4.79. The third kappa shape index (κ3) is 4.61. The van der Waals surface area contributed by atoms with Crippen LogP contribution in [0.1, 0.15) is 29.8 Å². The van der Waals surface area contributed by atoms with Crippen molar-refractivity contribution in [3.8, 4) is 0 Å². The fourth-order valence-electron chi connectivity index (χ4n) is 1.35. The summed E-state index contributed by atoms with van der Waals surface area (Å²) in [4.78, 5) is 23.4. The molecule has 92 valence electrons. The average molecular weight is 252 g/mol. The second kappa shape index (κ2) is 6.45. The first-order valence-corrected chi connectivity index (χ1v) is 6.42. The predicted molar refractivity (Wildman–Crippen MR) is 68.5 cm³/mol. The topological polar surface area (TPSA) is 43.4 Å². The molecule has 0 N–H and O–H groups in total. The highest BCUT2D eigenvalue weighted by molar-refractivity contribution is 8.00. The van der Waals surface area contributed by atoms with Gasteiger partial charge in [0.15, 0.2) is 0 Å². The molecule has 0 atom stereocenters. The minimum atomic E-state index is -0.319. The molecule has 17 heavy (non-hydrogen) atoms. The van der Waals surface area contributed by atoms with E-state index in [4.69, 9.17) is 4.74 Å². The summed E-state index contributed by atoms with van der Waals surface area (Å²) in [6.45, 7) is 5.61. The van der Waals surface area contributed by atoms with Gasteiger partial charge in [-0.2, -0.15) is 0 Å². The third-order valence-corrected chi connectivity index (χ3v) is 3.12. The van der Waals surface area contributed by atoms with Crippen molar-refractivity contribution in [2.45, 2.75) is 25.7 Å². The van der Waals surface area contributed by atoms with E-state index in [0.717, 1.165) is 10.5 Å². The minimum absolute atomic E-state index is 0.120. The zero-order chi connectivity index (χ0) is 12.8. The first-order chi connectivity index (χ1) is 8.02. The first kappa shape index (κ1) is 13.8. The standard InChI is InChI=1S/C13H16O3S/c1-4-16-13(15)11-5-9(2)6-12(7-11)17-8-10(3)14/h5-7H,4,8H2,1-3H3. The van der Waals surface area contributed by atoms with Gasteiger partial charge in [-0.05, 0) is 44.5 Å². The van der Waals surface area contributed by atoms with Gasteiger partial charge >= 0.3 is 5.97 Å². The van der Waals surface area contributed by atoms with E-state index in [1.54, 1.807) is 26.0 Å². The number of hydrogen-bond donors (Lipinski definition) is 0. The highest BCUT2D eigenvalue weighted by Gasteiger charge is 2.09. The van der Waals surface area contributed by atoms with Crippen LogP contribution in [0, 0.1) is 6.92 Å². The van der Waals surface area contributed by atoms with Crippen LogP contribution in [-0.2, 0) is 9.53 Å². The van der Waals surface area contributed by atoms with Crippen molar-refractivity contribution in [3.05, 3.63) is 29.3 Å². The number of ether oxygens (including phenoxy) is 1. The van der Waals surface area contributed by atoms with E-state index in [9.17, 15) is 9.59 Å². The number of carbonyl (C=O) groups is 2. The number of esters is 1. The quantitative estimate of drug-likeness (QED) is 0.597. The van der Waals surface area contributed by atoms with Gasteiger partial charge in [0.2, 0.25) is 0 Å². The van der Waals surface area contributed by atoms with Gasteiger partial charge in [0.1, 0.15) is 5.78 Å². The van der Waals surface area contributed by atoms with E-state index in [-0.39, 0.29) is 11.8 Å². The molecule has 1 rings (SSSR count). The molecule has 0 heterocycles. The van der Waals surface area contributed by atoms with Crippen LogP contribution in [0.25, 0.3) is 0 Å². The van der Waals surface area contributed by atoms with Crippen molar-refractivity contribution in [2.24, 2.45) is 0 Å². The highest BCUT2D eigenvalue weighted by Crippen LogP contribution is 2.21. The van der Waals surface area contributed by atoms with Crippen LogP contribution in [0.5, 0.6) is 0 Å². The zero-order valence-electron chi connectivity index (χ0n) is 10.3.